The molecule has 0 saturated carbocycles. The molecule has 2 aromatic heterocycles. The number of carbonyl (C=O) groups excluding carboxylic acids is 1. The third-order valence-electron chi connectivity index (χ3n) is 5.27. The Balaban J connectivity index is 1.52. The number of hydrogen-bond donors (Lipinski definition) is 2. The van der Waals surface area contributed by atoms with Crippen molar-refractivity contribution in [2.45, 2.75) is 32.1 Å². The fraction of sp³-hybridized carbons (Fsp3) is 0.261. The highest BCUT2D eigenvalue weighted by Gasteiger charge is 2.18. The lowest BCUT2D eigenvalue weighted by molar-refractivity contribution is 0.0954. The minimum atomic E-state index is -0.136. The van der Waals surface area contributed by atoms with Crippen LogP contribution < -0.4 is 10.9 Å². The maximum Gasteiger partial charge on any atom is 0.252 e. The van der Waals surface area contributed by atoms with Gasteiger partial charge in [-0.2, -0.15) is 0 Å². The van der Waals surface area contributed by atoms with Crippen LogP contribution in [-0.2, 0) is 19.3 Å². The number of fused-ring (bicyclic) bond motifs is 1. The monoisotopic (exact) mass is 373 g/mol. The van der Waals surface area contributed by atoms with E-state index >= 15 is 0 Å². The van der Waals surface area contributed by atoms with Crippen molar-refractivity contribution in [3.8, 4) is 11.1 Å². The van der Waals surface area contributed by atoms with Crippen molar-refractivity contribution < 1.29 is 4.79 Å². The number of nitrogens with one attached hydrogen (secondary N) is 2. The highest BCUT2D eigenvalue weighted by molar-refractivity contribution is 5.95. The molecule has 0 fully saturated rings. The summed E-state index contributed by atoms with van der Waals surface area (Å²) < 4.78 is 0. The van der Waals surface area contributed by atoms with Gasteiger partial charge in [0.2, 0.25) is 0 Å². The topological polar surface area (TPSA) is 74.8 Å². The van der Waals surface area contributed by atoms with Crippen LogP contribution >= 0.6 is 0 Å². The van der Waals surface area contributed by atoms with E-state index in [0.29, 0.717) is 12.1 Å². The van der Waals surface area contributed by atoms with Crippen LogP contribution in [0.5, 0.6) is 0 Å². The molecule has 5 nitrogen and oxygen atoms in total. The molecule has 4 rings (SSSR count). The number of carbonyl (C=O) groups is 1. The van der Waals surface area contributed by atoms with E-state index in [9.17, 15) is 9.59 Å². The first-order valence-electron chi connectivity index (χ1n) is 9.73. The molecule has 1 aromatic carbocycles. The van der Waals surface area contributed by atoms with Gasteiger partial charge in [0.25, 0.3) is 11.5 Å². The van der Waals surface area contributed by atoms with Crippen molar-refractivity contribution in [1.82, 2.24) is 15.3 Å². The summed E-state index contributed by atoms with van der Waals surface area (Å²) >= 11 is 0. The molecule has 1 aliphatic rings. The van der Waals surface area contributed by atoms with Gasteiger partial charge in [0.05, 0.1) is 5.56 Å². The second-order valence-corrected chi connectivity index (χ2v) is 7.15. The standard InChI is InChI=1S/C23H23N3O2/c27-22(25-11-10-16-6-2-1-3-7-16)18-12-17(13-24-14-18)21-15-26-23(28)20-9-5-4-8-19(20)21/h1-3,6-7,12-15H,4-5,8-11H2,(H,25,27)(H,26,28). The summed E-state index contributed by atoms with van der Waals surface area (Å²) in [6.45, 7) is 0.571. The van der Waals surface area contributed by atoms with Gasteiger partial charge in [-0.15, -0.1) is 0 Å². The molecule has 2 N–H and O–H groups in total. The Morgan fingerprint density at radius 3 is 2.68 bits per heavy atom. The van der Waals surface area contributed by atoms with Crippen LogP contribution in [0.25, 0.3) is 11.1 Å². The highest BCUT2D eigenvalue weighted by Crippen LogP contribution is 2.29. The molecule has 0 unspecified atom stereocenters. The van der Waals surface area contributed by atoms with Crippen LogP contribution in [0.3, 0.4) is 0 Å². The van der Waals surface area contributed by atoms with Gasteiger partial charge in [0, 0.05) is 41.8 Å². The van der Waals surface area contributed by atoms with E-state index in [0.717, 1.165) is 54.4 Å². The molecule has 0 radical (unpaired) electrons. The maximum atomic E-state index is 12.6. The average molecular weight is 373 g/mol. The molecule has 5 heteroatoms. The Labute approximate surface area is 163 Å². The van der Waals surface area contributed by atoms with Crippen LogP contribution in [0.2, 0.25) is 0 Å². The van der Waals surface area contributed by atoms with Gasteiger partial charge in [-0.05, 0) is 49.3 Å². The molecule has 1 amide bonds. The summed E-state index contributed by atoms with van der Waals surface area (Å²) in [5.41, 5.74) is 5.53. The molecule has 28 heavy (non-hydrogen) atoms. The first-order chi connectivity index (χ1) is 13.7. The number of aromatic nitrogens is 2. The number of pyridine rings is 2. The van der Waals surface area contributed by atoms with Gasteiger partial charge in [-0.1, -0.05) is 30.3 Å². The third kappa shape index (κ3) is 3.88. The Hall–Kier alpha value is -3.21. The largest absolute Gasteiger partial charge is 0.352 e. The van der Waals surface area contributed by atoms with E-state index in [1.807, 2.05) is 36.4 Å². The fourth-order valence-corrected chi connectivity index (χ4v) is 3.80. The molecule has 142 valence electrons. The van der Waals surface area contributed by atoms with Gasteiger partial charge in [-0.25, -0.2) is 0 Å². The first kappa shape index (κ1) is 18.2. The molecule has 0 aliphatic heterocycles. The predicted octanol–water partition coefficient (Wildman–Crippen LogP) is 3.29. The van der Waals surface area contributed by atoms with Crippen molar-refractivity contribution in [3.63, 3.8) is 0 Å². The maximum absolute atomic E-state index is 12.6. The zero-order valence-electron chi connectivity index (χ0n) is 15.7. The van der Waals surface area contributed by atoms with Gasteiger partial charge in [-0.3, -0.25) is 14.6 Å². The Morgan fingerprint density at radius 1 is 1.07 bits per heavy atom. The molecule has 0 saturated heterocycles. The van der Waals surface area contributed by atoms with Crippen LogP contribution in [-0.4, -0.2) is 22.4 Å². The second kappa shape index (κ2) is 8.21. The molecule has 0 spiro atoms. The Kier molecular flexibility index (Phi) is 5.33. The molecule has 2 heterocycles. The van der Waals surface area contributed by atoms with Crippen LogP contribution in [0.15, 0.2) is 59.8 Å². The van der Waals surface area contributed by atoms with E-state index in [1.165, 1.54) is 5.56 Å². The number of hydrogen-bond acceptors (Lipinski definition) is 3. The minimum Gasteiger partial charge on any atom is -0.352 e. The summed E-state index contributed by atoms with van der Waals surface area (Å²) in [4.78, 5) is 31.8. The number of aromatic amines is 1. The zero-order chi connectivity index (χ0) is 19.3. The lowest BCUT2D eigenvalue weighted by atomic mass is 9.88. The third-order valence-corrected chi connectivity index (χ3v) is 5.27. The summed E-state index contributed by atoms with van der Waals surface area (Å²) in [7, 11) is 0. The summed E-state index contributed by atoms with van der Waals surface area (Å²) in [6.07, 6.45) is 9.70. The molecule has 1 aliphatic carbocycles. The normalized spacial score (nSPS) is 13.0. The van der Waals surface area contributed by atoms with Crippen molar-refractivity contribution >= 4 is 5.91 Å². The van der Waals surface area contributed by atoms with Crippen molar-refractivity contribution in [1.29, 1.82) is 0 Å². The lowest BCUT2D eigenvalue weighted by Gasteiger charge is -2.18. The zero-order valence-corrected chi connectivity index (χ0v) is 15.7. The molecular formula is C23H23N3O2. The van der Waals surface area contributed by atoms with E-state index in [2.05, 4.69) is 15.3 Å². The number of H-pyrrole nitrogens is 1. The van der Waals surface area contributed by atoms with Gasteiger partial charge >= 0.3 is 0 Å². The summed E-state index contributed by atoms with van der Waals surface area (Å²) in [6, 6.07) is 11.9. The molecule has 3 aromatic rings. The van der Waals surface area contributed by atoms with Crippen molar-refractivity contribution in [2.75, 3.05) is 6.54 Å². The highest BCUT2D eigenvalue weighted by atomic mass is 16.1. The quantitative estimate of drug-likeness (QED) is 0.721. The van der Waals surface area contributed by atoms with Crippen LogP contribution in [0.4, 0.5) is 0 Å². The van der Waals surface area contributed by atoms with Crippen molar-refractivity contribution in [2.24, 2.45) is 0 Å². The van der Waals surface area contributed by atoms with Crippen molar-refractivity contribution in [3.05, 3.63) is 87.6 Å². The van der Waals surface area contributed by atoms with Crippen LogP contribution in [0.1, 0.15) is 39.9 Å². The van der Waals surface area contributed by atoms with E-state index in [4.69, 9.17) is 0 Å². The number of rotatable bonds is 5. The SMILES string of the molecule is O=C(NCCc1ccccc1)c1cncc(-c2c[nH]c(=O)c3c2CCCC3)c1. The van der Waals surface area contributed by atoms with E-state index in [-0.39, 0.29) is 11.5 Å². The van der Waals surface area contributed by atoms with Gasteiger partial charge in [0.1, 0.15) is 0 Å². The predicted molar refractivity (Wildman–Crippen MR) is 109 cm³/mol. The molecular weight excluding hydrogens is 350 g/mol. The summed E-state index contributed by atoms with van der Waals surface area (Å²) in [5, 5.41) is 2.96. The number of nitrogens with zero attached hydrogens (tertiary/aromatic N) is 1. The fourth-order valence-electron chi connectivity index (χ4n) is 3.80. The second-order valence-electron chi connectivity index (χ2n) is 7.15. The van der Waals surface area contributed by atoms with Gasteiger partial charge in [0.15, 0.2) is 0 Å². The molecule has 0 atom stereocenters. The number of amides is 1. The lowest BCUT2D eigenvalue weighted by Crippen LogP contribution is -2.25. The summed E-state index contributed by atoms with van der Waals surface area (Å²) in [5.74, 6) is -0.136. The van der Waals surface area contributed by atoms with E-state index in [1.54, 1.807) is 18.6 Å². The molecule has 0 bridgehead atoms. The van der Waals surface area contributed by atoms with Crippen LogP contribution in [0, 0.1) is 0 Å². The number of benzene rings is 1. The van der Waals surface area contributed by atoms with E-state index < -0.39 is 0 Å². The Bertz CT molecular complexity index is 1040. The average Bonchev–Trinajstić information content (AvgIpc) is 2.75. The minimum absolute atomic E-state index is 0.00113. The van der Waals surface area contributed by atoms with Gasteiger partial charge < -0.3 is 10.3 Å². The Morgan fingerprint density at radius 2 is 1.86 bits per heavy atom. The first-order valence-corrected chi connectivity index (χ1v) is 9.73. The smallest absolute Gasteiger partial charge is 0.252 e.